The van der Waals surface area contributed by atoms with E-state index in [1.54, 1.807) is 6.20 Å². The SMILES string of the molecule is CCCn1ncc(CN2CCN(C(=O)c3ccc[nH]3)CC2)c1C. The van der Waals surface area contributed by atoms with Crippen LogP contribution in [0.15, 0.2) is 24.5 Å². The Morgan fingerprint density at radius 1 is 1.30 bits per heavy atom. The Bertz CT molecular complexity index is 638. The third-order valence-electron chi connectivity index (χ3n) is 4.52. The molecule has 1 saturated heterocycles. The average molecular weight is 315 g/mol. The van der Waals surface area contributed by atoms with Gasteiger partial charge in [0.15, 0.2) is 0 Å². The molecule has 2 aromatic heterocycles. The predicted octanol–water partition coefficient (Wildman–Crippen LogP) is 1.89. The van der Waals surface area contributed by atoms with Gasteiger partial charge in [0.1, 0.15) is 5.69 Å². The fourth-order valence-corrected chi connectivity index (χ4v) is 3.06. The first-order valence-electron chi connectivity index (χ1n) is 8.35. The predicted molar refractivity (Wildman–Crippen MR) is 89.2 cm³/mol. The minimum Gasteiger partial charge on any atom is -0.357 e. The number of nitrogens with zero attached hydrogens (tertiary/aromatic N) is 4. The fourth-order valence-electron chi connectivity index (χ4n) is 3.06. The lowest BCUT2D eigenvalue weighted by molar-refractivity contribution is 0.0623. The van der Waals surface area contributed by atoms with E-state index < -0.39 is 0 Å². The highest BCUT2D eigenvalue weighted by atomic mass is 16.2. The van der Waals surface area contributed by atoms with Crippen LogP contribution in [0.5, 0.6) is 0 Å². The summed E-state index contributed by atoms with van der Waals surface area (Å²) < 4.78 is 2.08. The van der Waals surface area contributed by atoms with Gasteiger partial charge >= 0.3 is 0 Å². The molecule has 0 radical (unpaired) electrons. The second-order valence-corrected chi connectivity index (χ2v) is 6.13. The van der Waals surface area contributed by atoms with E-state index in [0.717, 1.165) is 45.7 Å². The van der Waals surface area contributed by atoms with E-state index >= 15 is 0 Å². The minimum atomic E-state index is 0.0987. The highest BCUT2D eigenvalue weighted by Gasteiger charge is 2.23. The van der Waals surface area contributed by atoms with Crippen molar-refractivity contribution >= 4 is 5.91 Å². The van der Waals surface area contributed by atoms with Crippen LogP contribution in [-0.4, -0.2) is 56.7 Å². The van der Waals surface area contributed by atoms with Crippen molar-refractivity contribution in [3.63, 3.8) is 0 Å². The second kappa shape index (κ2) is 7.00. The molecule has 1 N–H and O–H groups in total. The summed E-state index contributed by atoms with van der Waals surface area (Å²) in [7, 11) is 0. The first kappa shape index (κ1) is 15.8. The number of nitrogens with one attached hydrogen (secondary N) is 1. The number of piperazine rings is 1. The Morgan fingerprint density at radius 3 is 2.74 bits per heavy atom. The maximum Gasteiger partial charge on any atom is 0.270 e. The number of rotatable bonds is 5. The highest BCUT2D eigenvalue weighted by Crippen LogP contribution is 2.14. The molecule has 2 aromatic rings. The lowest BCUT2D eigenvalue weighted by Gasteiger charge is -2.34. The molecule has 6 heteroatoms. The second-order valence-electron chi connectivity index (χ2n) is 6.13. The molecule has 1 aliphatic rings. The Hall–Kier alpha value is -2.08. The Labute approximate surface area is 137 Å². The lowest BCUT2D eigenvalue weighted by atomic mass is 10.2. The topological polar surface area (TPSA) is 57.2 Å². The first-order valence-corrected chi connectivity index (χ1v) is 8.35. The third-order valence-corrected chi connectivity index (χ3v) is 4.52. The van der Waals surface area contributed by atoms with Gasteiger partial charge < -0.3 is 9.88 Å². The van der Waals surface area contributed by atoms with Gasteiger partial charge in [0, 0.05) is 56.7 Å². The van der Waals surface area contributed by atoms with Crippen LogP contribution in [-0.2, 0) is 13.1 Å². The van der Waals surface area contributed by atoms with Gasteiger partial charge in [-0.25, -0.2) is 0 Å². The molecule has 23 heavy (non-hydrogen) atoms. The molecule has 1 fully saturated rings. The van der Waals surface area contributed by atoms with E-state index in [2.05, 4.69) is 33.5 Å². The summed E-state index contributed by atoms with van der Waals surface area (Å²) in [6.45, 7) is 9.57. The van der Waals surface area contributed by atoms with Crippen molar-refractivity contribution in [3.05, 3.63) is 41.5 Å². The molecule has 3 heterocycles. The number of hydrogen-bond acceptors (Lipinski definition) is 3. The normalized spacial score (nSPS) is 16.0. The number of aryl methyl sites for hydroxylation is 1. The third kappa shape index (κ3) is 3.47. The molecule has 124 valence electrons. The van der Waals surface area contributed by atoms with E-state index in [0.29, 0.717) is 5.69 Å². The molecule has 1 aliphatic heterocycles. The summed E-state index contributed by atoms with van der Waals surface area (Å²) in [6, 6.07) is 3.69. The largest absolute Gasteiger partial charge is 0.357 e. The average Bonchev–Trinajstić information content (AvgIpc) is 3.21. The summed E-state index contributed by atoms with van der Waals surface area (Å²) in [5.74, 6) is 0.0987. The van der Waals surface area contributed by atoms with E-state index in [1.807, 2.05) is 23.2 Å². The van der Waals surface area contributed by atoms with Crippen molar-refractivity contribution in [2.75, 3.05) is 26.2 Å². The summed E-state index contributed by atoms with van der Waals surface area (Å²) in [4.78, 5) is 19.6. The summed E-state index contributed by atoms with van der Waals surface area (Å²) >= 11 is 0. The van der Waals surface area contributed by atoms with Gasteiger partial charge in [0.2, 0.25) is 0 Å². The zero-order chi connectivity index (χ0) is 16.2. The number of carbonyl (C=O) groups excluding carboxylic acids is 1. The van der Waals surface area contributed by atoms with Crippen LogP contribution < -0.4 is 0 Å². The molecule has 1 amide bonds. The number of aromatic nitrogens is 3. The zero-order valence-electron chi connectivity index (χ0n) is 14.0. The van der Waals surface area contributed by atoms with Crippen LogP contribution in [0.25, 0.3) is 0 Å². The van der Waals surface area contributed by atoms with Gasteiger partial charge in [0.05, 0.1) is 6.20 Å². The first-order chi connectivity index (χ1) is 11.2. The molecule has 0 aliphatic carbocycles. The van der Waals surface area contributed by atoms with Crippen LogP contribution in [0.2, 0.25) is 0 Å². The molecular weight excluding hydrogens is 290 g/mol. The van der Waals surface area contributed by atoms with Crippen LogP contribution >= 0.6 is 0 Å². The van der Waals surface area contributed by atoms with Crippen molar-refractivity contribution in [1.82, 2.24) is 24.6 Å². The molecule has 0 unspecified atom stereocenters. The monoisotopic (exact) mass is 315 g/mol. The van der Waals surface area contributed by atoms with Crippen LogP contribution in [0.1, 0.15) is 35.1 Å². The molecule has 0 bridgehead atoms. The van der Waals surface area contributed by atoms with Crippen molar-refractivity contribution in [1.29, 1.82) is 0 Å². The maximum atomic E-state index is 12.3. The zero-order valence-corrected chi connectivity index (χ0v) is 14.0. The van der Waals surface area contributed by atoms with Crippen molar-refractivity contribution < 1.29 is 4.79 Å². The highest BCUT2D eigenvalue weighted by molar-refractivity contribution is 5.92. The molecule has 0 atom stereocenters. The Kier molecular flexibility index (Phi) is 4.81. The lowest BCUT2D eigenvalue weighted by Crippen LogP contribution is -2.48. The van der Waals surface area contributed by atoms with E-state index in [1.165, 1.54) is 11.3 Å². The van der Waals surface area contributed by atoms with Gasteiger partial charge in [-0.05, 0) is 25.5 Å². The molecular formula is C17H25N5O. The van der Waals surface area contributed by atoms with Gasteiger partial charge in [-0.2, -0.15) is 5.10 Å². The molecule has 6 nitrogen and oxygen atoms in total. The van der Waals surface area contributed by atoms with Gasteiger partial charge in [-0.1, -0.05) is 6.92 Å². The number of hydrogen-bond donors (Lipinski definition) is 1. The summed E-state index contributed by atoms with van der Waals surface area (Å²) in [5, 5.41) is 4.47. The van der Waals surface area contributed by atoms with E-state index in [-0.39, 0.29) is 5.91 Å². The van der Waals surface area contributed by atoms with Crippen LogP contribution in [0, 0.1) is 6.92 Å². The fraction of sp³-hybridized carbons (Fsp3) is 0.529. The number of amides is 1. The molecule has 3 rings (SSSR count). The van der Waals surface area contributed by atoms with Crippen LogP contribution in [0.3, 0.4) is 0 Å². The standard InChI is InChI=1S/C17H25N5O/c1-3-7-22-14(2)15(12-19-22)13-20-8-10-21(11-9-20)17(23)16-5-4-6-18-16/h4-6,12,18H,3,7-11,13H2,1-2H3. The molecule has 0 saturated carbocycles. The summed E-state index contributed by atoms with van der Waals surface area (Å²) in [5.41, 5.74) is 3.23. The smallest absolute Gasteiger partial charge is 0.270 e. The van der Waals surface area contributed by atoms with E-state index in [4.69, 9.17) is 0 Å². The summed E-state index contributed by atoms with van der Waals surface area (Å²) in [6.07, 6.45) is 4.88. The number of carbonyl (C=O) groups is 1. The molecule has 0 aromatic carbocycles. The van der Waals surface area contributed by atoms with Crippen molar-refractivity contribution in [2.45, 2.75) is 33.4 Å². The Balaban J connectivity index is 1.54. The van der Waals surface area contributed by atoms with Crippen LogP contribution in [0.4, 0.5) is 0 Å². The molecule has 0 spiro atoms. The maximum absolute atomic E-state index is 12.3. The van der Waals surface area contributed by atoms with Gasteiger partial charge in [0.25, 0.3) is 5.91 Å². The van der Waals surface area contributed by atoms with E-state index in [9.17, 15) is 4.79 Å². The minimum absolute atomic E-state index is 0.0987. The van der Waals surface area contributed by atoms with Crippen molar-refractivity contribution in [2.24, 2.45) is 0 Å². The quantitative estimate of drug-likeness (QED) is 0.916. The number of aromatic amines is 1. The Morgan fingerprint density at radius 2 is 2.09 bits per heavy atom. The van der Waals surface area contributed by atoms with Gasteiger partial charge in [-0.3, -0.25) is 14.4 Å². The van der Waals surface area contributed by atoms with Gasteiger partial charge in [-0.15, -0.1) is 0 Å². The number of H-pyrrole nitrogens is 1. The van der Waals surface area contributed by atoms with Crippen molar-refractivity contribution in [3.8, 4) is 0 Å².